The first-order chi connectivity index (χ1) is 13.3. The van der Waals surface area contributed by atoms with Gasteiger partial charge in [0.15, 0.2) is 0 Å². The Bertz CT molecular complexity index is 1050. The summed E-state index contributed by atoms with van der Waals surface area (Å²) in [5.74, 6) is 0.498. The van der Waals surface area contributed by atoms with E-state index in [0.29, 0.717) is 18.6 Å². The molecule has 9 heteroatoms. The van der Waals surface area contributed by atoms with E-state index in [2.05, 4.69) is 15.1 Å². The Labute approximate surface area is 162 Å². The number of amides is 1. The summed E-state index contributed by atoms with van der Waals surface area (Å²) in [6.07, 6.45) is 2.29. The third-order valence-corrected chi connectivity index (χ3v) is 5.12. The summed E-state index contributed by atoms with van der Waals surface area (Å²) in [6.45, 7) is 5.69. The van der Waals surface area contributed by atoms with Gasteiger partial charge in [-0.1, -0.05) is 12.1 Å². The van der Waals surface area contributed by atoms with Crippen molar-refractivity contribution in [1.29, 1.82) is 0 Å². The fraction of sp³-hybridized carbons (Fsp3) is 0.368. The van der Waals surface area contributed by atoms with Gasteiger partial charge in [0.2, 0.25) is 5.91 Å². The number of nitro groups is 1. The van der Waals surface area contributed by atoms with Gasteiger partial charge in [0, 0.05) is 37.0 Å². The molecule has 0 N–H and O–H groups in total. The van der Waals surface area contributed by atoms with E-state index in [-0.39, 0.29) is 17.6 Å². The largest absolute Gasteiger partial charge is 0.339 e. The van der Waals surface area contributed by atoms with Gasteiger partial charge in [-0.05, 0) is 38.3 Å². The lowest BCUT2D eigenvalue weighted by atomic mass is 10.0. The van der Waals surface area contributed by atoms with Crippen molar-refractivity contribution in [1.82, 2.24) is 24.5 Å². The topological polar surface area (TPSA) is 107 Å². The number of hydrogen-bond acceptors (Lipinski definition) is 6. The zero-order valence-corrected chi connectivity index (χ0v) is 16.3. The molecule has 0 saturated carbocycles. The number of hydrogen-bond donors (Lipinski definition) is 0. The van der Waals surface area contributed by atoms with Gasteiger partial charge >= 0.3 is 0 Å². The Morgan fingerprint density at radius 2 is 2.11 bits per heavy atom. The van der Waals surface area contributed by atoms with E-state index < -0.39 is 4.92 Å². The SMILES string of the molecule is Cc1nc2ncnn2c(C)c1CCC(=O)N(C)C(C)c1cccc([N+](=O)[O-])c1. The maximum Gasteiger partial charge on any atom is 0.269 e. The average molecular weight is 382 g/mol. The second-order valence-electron chi connectivity index (χ2n) is 6.77. The normalized spacial score (nSPS) is 12.1. The van der Waals surface area contributed by atoms with Crippen molar-refractivity contribution in [2.45, 2.75) is 39.7 Å². The van der Waals surface area contributed by atoms with E-state index in [1.807, 2.05) is 20.8 Å². The van der Waals surface area contributed by atoms with Gasteiger partial charge < -0.3 is 4.90 Å². The number of carbonyl (C=O) groups is 1. The molecule has 0 bridgehead atoms. The molecule has 3 aromatic rings. The molecule has 28 heavy (non-hydrogen) atoms. The first kappa shape index (κ1) is 19.4. The highest BCUT2D eigenvalue weighted by atomic mass is 16.6. The number of rotatable bonds is 6. The van der Waals surface area contributed by atoms with Crippen molar-refractivity contribution in [2.24, 2.45) is 0 Å². The van der Waals surface area contributed by atoms with Gasteiger partial charge in [-0.3, -0.25) is 14.9 Å². The molecule has 1 unspecified atom stereocenters. The highest BCUT2D eigenvalue weighted by Gasteiger charge is 2.20. The van der Waals surface area contributed by atoms with Crippen LogP contribution in [0.25, 0.3) is 5.78 Å². The van der Waals surface area contributed by atoms with Crippen LogP contribution in [0.4, 0.5) is 5.69 Å². The molecule has 0 fully saturated rings. The van der Waals surface area contributed by atoms with E-state index in [1.165, 1.54) is 18.5 Å². The molecular weight excluding hydrogens is 360 g/mol. The van der Waals surface area contributed by atoms with Crippen LogP contribution in [-0.2, 0) is 11.2 Å². The molecule has 0 aliphatic rings. The van der Waals surface area contributed by atoms with Crippen molar-refractivity contribution in [3.63, 3.8) is 0 Å². The molecule has 0 saturated heterocycles. The lowest BCUT2D eigenvalue weighted by molar-refractivity contribution is -0.384. The minimum atomic E-state index is -0.434. The molecule has 0 radical (unpaired) electrons. The molecule has 1 amide bonds. The van der Waals surface area contributed by atoms with Crippen LogP contribution < -0.4 is 0 Å². The first-order valence-electron chi connectivity index (χ1n) is 8.95. The second-order valence-corrected chi connectivity index (χ2v) is 6.77. The highest BCUT2D eigenvalue weighted by molar-refractivity contribution is 5.76. The van der Waals surface area contributed by atoms with Gasteiger partial charge in [0.25, 0.3) is 11.5 Å². The maximum atomic E-state index is 12.7. The second kappa shape index (κ2) is 7.71. The lowest BCUT2D eigenvalue weighted by Crippen LogP contribution is -2.30. The highest BCUT2D eigenvalue weighted by Crippen LogP contribution is 2.24. The molecule has 2 heterocycles. The van der Waals surface area contributed by atoms with Crippen LogP contribution in [0.1, 0.15) is 41.9 Å². The van der Waals surface area contributed by atoms with E-state index in [9.17, 15) is 14.9 Å². The number of non-ortho nitro benzene ring substituents is 1. The van der Waals surface area contributed by atoms with Gasteiger partial charge in [-0.25, -0.2) is 9.50 Å². The summed E-state index contributed by atoms with van der Waals surface area (Å²) >= 11 is 0. The van der Waals surface area contributed by atoms with E-state index in [1.54, 1.807) is 28.6 Å². The van der Waals surface area contributed by atoms with Crippen LogP contribution in [0.15, 0.2) is 30.6 Å². The predicted molar refractivity (Wildman–Crippen MR) is 103 cm³/mol. The maximum absolute atomic E-state index is 12.7. The number of fused-ring (bicyclic) bond motifs is 1. The van der Waals surface area contributed by atoms with Crippen LogP contribution in [0.3, 0.4) is 0 Å². The molecule has 0 aliphatic carbocycles. The van der Waals surface area contributed by atoms with Crippen LogP contribution in [0.5, 0.6) is 0 Å². The Kier molecular flexibility index (Phi) is 5.34. The zero-order chi connectivity index (χ0) is 20.4. The Balaban J connectivity index is 1.72. The lowest BCUT2D eigenvalue weighted by Gasteiger charge is -2.25. The third-order valence-electron chi connectivity index (χ3n) is 5.12. The molecule has 2 aromatic heterocycles. The van der Waals surface area contributed by atoms with E-state index in [0.717, 1.165) is 22.5 Å². The number of carbonyl (C=O) groups excluding carboxylic acids is 1. The Hall–Kier alpha value is -3.36. The molecular formula is C19H22N6O3. The Morgan fingerprint density at radius 3 is 2.82 bits per heavy atom. The summed E-state index contributed by atoms with van der Waals surface area (Å²) < 4.78 is 1.67. The van der Waals surface area contributed by atoms with Crippen LogP contribution >= 0.6 is 0 Å². The van der Waals surface area contributed by atoms with Crippen molar-refractivity contribution in [3.05, 3.63) is 63.2 Å². The summed E-state index contributed by atoms with van der Waals surface area (Å²) in [7, 11) is 1.71. The van der Waals surface area contributed by atoms with Crippen molar-refractivity contribution in [3.8, 4) is 0 Å². The van der Waals surface area contributed by atoms with Crippen molar-refractivity contribution >= 4 is 17.4 Å². The monoisotopic (exact) mass is 382 g/mol. The zero-order valence-electron chi connectivity index (χ0n) is 16.3. The fourth-order valence-corrected chi connectivity index (χ4v) is 3.26. The van der Waals surface area contributed by atoms with Gasteiger partial charge in [-0.2, -0.15) is 10.1 Å². The van der Waals surface area contributed by atoms with Crippen molar-refractivity contribution < 1.29 is 9.72 Å². The van der Waals surface area contributed by atoms with Gasteiger partial charge in [0.1, 0.15) is 6.33 Å². The first-order valence-corrected chi connectivity index (χ1v) is 8.95. The molecule has 3 rings (SSSR count). The minimum absolute atomic E-state index is 0.0173. The minimum Gasteiger partial charge on any atom is -0.339 e. The van der Waals surface area contributed by atoms with E-state index in [4.69, 9.17) is 0 Å². The third kappa shape index (κ3) is 3.68. The smallest absolute Gasteiger partial charge is 0.269 e. The summed E-state index contributed by atoms with van der Waals surface area (Å²) in [6, 6.07) is 6.10. The van der Waals surface area contributed by atoms with Crippen LogP contribution in [-0.4, -0.2) is 42.4 Å². The summed E-state index contributed by atoms with van der Waals surface area (Å²) in [5, 5.41) is 15.1. The number of aromatic nitrogens is 4. The van der Waals surface area contributed by atoms with Crippen LogP contribution in [0, 0.1) is 24.0 Å². The van der Waals surface area contributed by atoms with Gasteiger partial charge in [-0.15, -0.1) is 0 Å². The quantitative estimate of drug-likeness (QED) is 0.479. The van der Waals surface area contributed by atoms with E-state index >= 15 is 0 Å². The molecule has 1 atom stereocenters. The molecule has 0 aliphatic heterocycles. The summed E-state index contributed by atoms with van der Waals surface area (Å²) in [4.78, 5) is 33.4. The molecule has 1 aromatic carbocycles. The summed E-state index contributed by atoms with van der Waals surface area (Å²) in [5.41, 5.74) is 3.47. The average Bonchev–Trinajstić information content (AvgIpc) is 3.15. The Morgan fingerprint density at radius 1 is 1.36 bits per heavy atom. The van der Waals surface area contributed by atoms with Crippen LogP contribution in [0.2, 0.25) is 0 Å². The van der Waals surface area contributed by atoms with Gasteiger partial charge in [0.05, 0.1) is 11.0 Å². The fourth-order valence-electron chi connectivity index (χ4n) is 3.26. The molecule has 0 spiro atoms. The molecule has 146 valence electrons. The number of nitrogens with zero attached hydrogens (tertiary/aromatic N) is 6. The van der Waals surface area contributed by atoms with Crippen molar-refractivity contribution in [2.75, 3.05) is 7.05 Å². The standard InChI is InChI=1S/C19H22N6O3/c1-12-17(14(3)24-19(22-12)20-11-21-24)8-9-18(26)23(4)13(2)15-6-5-7-16(10-15)25(27)28/h5-7,10-11,13H,8-9H2,1-4H3. The number of aryl methyl sites for hydroxylation is 2. The molecule has 9 nitrogen and oxygen atoms in total. The number of benzene rings is 1. The number of nitro benzene ring substituents is 1. The predicted octanol–water partition coefficient (Wildman–Crippen LogP) is 2.80.